The van der Waals surface area contributed by atoms with Crippen molar-refractivity contribution >= 4 is 12.4 Å². The van der Waals surface area contributed by atoms with E-state index in [1.807, 2.05) is 18.2 Å². The lowest BCUT2D eigenvalue weighted by molar-refractivity contribution is 0.303. The Morgan fingerprint density at radius 1 is 1.16 bits per heavy atom. The summed E-state index contributed by atoms with van der Waals surface area (Å²) in [5.74, 6) is 2.12. The highest BCUT2D eigenvalue weighted by molar-refractivity contribution is 5.85. The van der Waals surface area contributed by atoms with Crippen molar-refractivity contribution in [2.45, 2.75) is 18.9 Å². The molecule has 0 radical (unpaired) electrons. The number of rotatable bonds is 4. The number of ether oxygens (including phenoxy) is 2. The van der Waals surface area contributed by atoms with Crippen LogP contribution in [-0.4, -0.2) is 27.3 Å². The largest absolute Gasteiger partial charge is 0.496 e. The van der Waals surface area contributed by atoms with E-state index in [9.17, 15) is 0 Å². The normalized spacial score (nSPS) is 17.4. The number of halogens is 1. The smallest absolute Gasteiger partial charge is 0.127 e. The Kier molecular flexibility index (Phi) is 6.42. The Morgan fingerprint density at radius 3 is 2.16 bits per heavy atom. The second-order valence-electron chi connectivity index (χ2n) is 4.69. The third-order valence-electron chi connectivity index (χ3n) is 3.69. The van der Waals surface area contributed by atoms with Gasteiger partial charge < -0.3 is 20.5 Å². The van der Waals surface area contributed by atoms with Crippen LogP contribution in [0.25, 0.3) is 0 Å². The number of hydrogen-bond acceptors (Lipinski definition) is 4. The van der Waals surface area contributed by atoms with Gasteiger partial charge >= 0.3 is 0 Å². The van der Waals surface area contributed by atoms with Gasteiger partial charge in [0.25, 0.3) is 0 Å². The number of nitrogens with two attached hydrogens (primary N) is 1. The van der Waals surface area contributed by atoms with Crippen molar-refractivity contribution < 1.29 is 9.47 Å². The van der Waals surface area contributed by atoms with Crippen molar-refractivity contribution in [2.75, 3.05) is 27.3 Å². The molecule has 0 aliphatic carbocycles. The lowest BCUT2D eigenvalue weighted by Crippen LogP contribution is -2.34. The summed E-state index contributed by atoms with van der Waals surface area (Å²) in [6.07, 6.45) is 2.20. The molecule has 1 aliphatic heterocycles. The van der Waals surface area contributed by atoms with Gasteiger partial charge in [-0.25, -0.2) is 0 Å². The van der Waals surface area contributed by atoms with Crippen LogP contribution in [0.2, 0.25) is 0 Å². The first kappa shape index (κ1) is 16.1. The van der Waals surface area contributed by atoms with Crippen LogP contribution in [0, 0.1) is 5.92 Å². The van der Waals surface area contributed by atoms with Crippen molar-refractivity contribution in [2.24, 2.45) is 11.7 Å². The number of benzene rings is 1. The third-order valence-corrected chi connectivity index (χ3v) is 3.69. The first-order chi connectivity index (χ1) is 8.77. The quantitative estimate of drug-likeness (QED) is 0.890. The summed E-state index contributed by atoms with van der Waals surface area (Å²) >= 11 is 0. The summed E-state index contributed by atoms with van der Waals surface area (Å²) in [5, 5.41) is 3.36. The molecule has 1 aromatic carbocycles. The van der Waals surface area contributed by atoms with Crippen molar-refractivity contribution in [3.8, 4) is 11.5 Å². The van der Waals surface area contributed by atoms with Crippen LogP contribution in [0.4, 0.5) is 0 Å². The maximum atomic E-state index is 6.43. The molecule has 0 spiro atoms. The van der Waals surface area contributed by atoms with E-state index in [-0.39, 0.29) is 18.4 Å². The van der Waals surface area contributed by atoms with E-state index < -0.39 is 0 Å². The summed E-state index contributed by atoms with van der Waals surface area (Å²) in [6.45, 7) is 2.08. The van der Waals surface area contributed by atoms with Gasteiger partial charge in [0.2, 0.25) is 0 Å². The number of methoxy groups -OCH3 is 2. The van der Waals surface area contributed by atoms with E-state index in [0.717, 1.165) is 43.0 Å². The van der Waals surface area contributed by atoms with Crippen molar-refractivity contribution in [3.05, 3.63) is 23.8 Å². The van der Waals surface area contributed by atoms with E-state index in [1.165, 1.54) is 0 Å². The standard InChI is InChI=1S/C14H22N2O2.ClH/c1-17-11-4-3-5-12(18-2)13(11)14(15)10-6-8-16-9-7-10;/h3-5,10,14,16H,6-9,15H2,1-2H3;1H/t14-;/m1./s1. The molecule has 5 heteroatoms. The highest BCUT2D eigenvalue weighted by atomic mass is 35.5. The molecular weight excluding hydrogens is 264 g/mol. The lowest BCUT2D eigenvalue weighted by atomic mass is 9.86. The minimum Gasteiger partial charge on any atom is -0.496 e. The van der Waals surface area contributed by atoms with Gasteiger partial charge in [-0.3, -0.25) is 0 Å². The van der Waals surface area contributed by atoms with Crippen molar-refractivity contribution in [3.63, 3.8) is 0 Å². The van der Waals surface area contributed by atoms with Crippen molar-refractivity contribution in [1.29, 1.82) is 0 Å². The highest BCUT2D eigenvalue weighted by Crippen LogP contribution is 2.38. The predicted molar refractivity (Wildman–Crippen MR) is 79.3 cm³/mol. The van der Waals surface area contributed by atoms with Gasteiger partial charge in [0.15, 0.2) is 0 Å². The number of nitrogens with one attached hydrogen (secondary N) is 1. The zero-order chi connectivity index (χ0) is 13.0. The molecule has 0 unspecified atom stereocenters. The second kappa shape index (κ2) is 7.58. The summed E-state index contributed by atoms with van der Waals surface area (Å²) < 4.78 is 10.8. The van der Waals surface area contributed by atoms with Gasteiger partial charge in [0, 0.05) is 6.04 Å². The minimum atomic E-state index is -0.0294. The monoisotopic (exact) mass is 286 g/mol. The molecule has 1 atom stereocenters. The first-order valence-electron chi connectivity index (χ1n) is 6.45. The summed E-state index contributed by atoms with van der Waals surface area (Å²) in [5.41, 5.74) is 7.43. The molecule has 0 amide bonds. The molecule has 4 nitrogen and oxygen atoms in total. The Labute approximate surface area is 121 Å². The van der Waals surface area contributed by atoms with Crippen LogP contribution >= 0.6 is 12.4 Å². The fourth-order valence-corrected chi connectivity index (χ4v) is 2.65. The van der Waals surface area contributed by atoms with Gasteiger partial charge in [0.1, 0.15) is 11.5 Å². The molecule has 0 aromatic heterocycles. The fraction of sp³-hybridized carbons (Fsp3) is 0.571. The molecule has 1 saturated heterocycles. The van der Waals surface area contributed by atoms with Crippen molar-refractivity contribution in [1.82, 2.24) is 5.32 Å². The zero-order valence-electron chi connectivity index (χ0n) is 11.5. The molecule has 0 bridgehead atoms. The molecule has 108 valence electrons. The Bertz CT molecular complexity index is 373. The minimum absolute atomic E-state index is 0. The van der Waals surface area contributed by atoms with Gasteiger partial charge in [0.05, 0.1) is 19.8 Å². The van der Waals surface area contributed by atoms with E-state index in [1.54, 1.807) is 14.2 Å². The topological polar surface area (TPSA) is 56.5 Å². The van der Waals surface area contributed by atoms with E-state index in [4.69, 9.17) is 15.2 Å². The van der Waals surface area contributed by atoms with Crippen LogP contribution in [0.3, 0.4) is 0 Å². The SMILES string of the molecule is COc1cccc(OC)c1[C@H](N)C1CCNCC1.Cl. The molecular formula is C14H23ClN2O2. The molecule has 1 fully saturated rings. The maximum absolute atomic E-state index is 6.43. The molecule has 1 aromatic rings. The third kappa shape index (κ3) is 3.53. The van der Waals surface area contributed by atoms with Crippen LogP contribution in [0.5, 0.6) is 11.5 Å². The molecule has 1 heterocycles. The summed E-state index contributed by atoms with van der Waals surface area (Å²) in [7, 11) is 3.35. The Hall–Kier alpha value is -0.970. The Balaban J connectivity index is 0.00000180. The van der Waals surface area contributed by atoms with Gasteiger partial charge in [-0.15, -0.1) is 12.4 Å². The number of piperidine rings is 1. The predicted octanol–water partition coefficient (Wildman–Crippen LogP) is 2.13. The highest BCUT2D eigenvalue weighted by Gasteiger charge is 2.26. The molecule has 0 saturated carbocycles. The fourth-order valence-electron chi connectivity index (χ4n) is 2.65. The molecule has 1 aliphatic rings. The van der Waals surface area contributed by atoms with E-state index in [2.05, 4.69) is 5.32 Å². The number of hydrogen-bond donors (Lipinski definition) is 2. The maximum Gasteiger partial charge on any atom is 0.127 e. The summed E-state index contributed by atoms with van der Waals surface area (Å²) in [6, 6.07) is 5.78. The van der Waals surface area contributed by atoms with Gasteiger partial charge in [-0.05, 0) is 44.0 Å². The average molecular weight is 287 g/mol. The zero-order valence-corrected chi connectivity index (χ0v) is 12.3. The van der Waals surface area contributed by atoms with Crippen LogP contribution in [0.15, 0.2) is 18.2 Å². The molecule has 2 rings (SSSR count). The van der Waals surface area contributed by atoms with Crippen LogP contribution in [0.1, 0.15) is 24.4 Å². The van der Waals surface area contributed by atoms with Crippen LogP contribution in [-0.2, 0) is 0 Å². The van der Waals surface area contributed by atoms with Gasteiger partial charge in [-0.1, -0.05) is 6.07 Å². The van der Waals surface area contributed by atoms with Gasteiger partial charge in [-0.2, -0.15) is 0 Å². The van der Waals surface area contributed by atoms with E-state index in [0.29, 0.717) is 5.92 Å². The molecule has 3 N–H and O–H groups in total. The van der Waals surface area contributed by atoms with Crippen LogP contribution < -0.4 is 20.5 Å². The summed E-state index contributed by atoms with van der Waals surface area (Å²) in [4.78, 5) is 0. The second-order valence-corrected chi connectivity index (χ2v) is 4.69. The average Bonchev–Trinajstić information content (AvgIpc) is 2.46. The lowest BCUT2D eigenvalue weighted by Gasteiger charge is -2.30. The Morgan fingerprint density at radius 2 is 1.68 bits per heavy atom. The first-order valence-corrected chi connectivity index (χ1v) is 6.45. The van der Waals surface area contributed by atoms with E-state index >= 15 is 0 Å². The molecule has 19 heavy (non-hydrogen) atoms.